The van der Waals surface area contributed by atoms with E-state index < -0.39 is 0 Å². The SMILES string of the molecule is CC(C)(C)c1ccc2c(c1)c1cc(C(C)(C)C)cc3c4c5c(ccc4n2c13)ccc1c5c2cc(C(C)(C)C)cc3c4cc(C(C)(C)C)cc(N(c5ccccc5)c5ccccc5)c4n1c32. The first-order valence-corrected chi connectivity index (χ1v) is 23.6. The van der Waals surface area contributed by atoms with Crippen LogP contribution in [0.4, 0.5) is 17.1 Å². The zero-order valence-corrected chi connectivity index (χ0v) is 40.1. The minimum absolute atomic E-state index is 0.0355. The van der Waals surface area contributed by atoms with Gasteiger partial charge >= 0.3 is 0 Å². The normalized spacial score (nSPS) is 13.5. The van der Waals surface area contributed by atoms with Crippen LogP contribution in [0.25, 0.3) is 87.0 Å². The average molecular weight is 846 g/mol. The third-order valence-corrected chi connectivity index (χ3v) is 14.7. The Kier molecular flexibility index (Phi) is 8.01. The monoisotopic (exact) mass is 845 g/mol. The molecule has 0 amide bonds. The van der Waals surface area contributed by atoms with Crippen molar-refractivity contribution in [3.63, 3.8) is 0 Å². The number of anilines is 3. The van der Waals surface area contributed by atoms with E-state index in [9.17, 15) is 0 Å². The van der Waals surface area contributed by atoms with E-state index in [1.807, 2.05) is 0 Å². The Bertz CT molecular complexity index is 3850. The molecule has 12 aromatic rings. The lowest BCUT2D eigenvalue weighted by Gasteiger charge is -2.29. The predicted octanol–water partition coefficient (Wildman–Crippen LogP) is 17.8. The molecule has 0 atom stereocenters. The highest BCUT2D eigenvalue weighted by atomic mass is 15.2. The highest BCUT2D eigenvalue weighted by molar-refractivity contribution is 6.38. The standard InChI is InChI=1S/C62H59N3/c1-59(2,3)37-25-28-49-43(29-37)44-30-38(60(4,5)6)33-47-54-50(64(49)56(44)47)26-23-36-24-27-51-55(53(36)54)48-34-39(61(7,8)9)31-45-46-32-40(62(10,11)12)35-52(58(46)65(51)57(45)48)63(41-19-15-13-16-20-41)42-21-17-14-18-22-42/h13-35H,1-12H3. The Morgan fingerprint density at radius 3 is 1.23 bits per heavy atom. The number of para-hydroxylation sites is 2. The van der Waals surface area contributed by atoms with Gasteiger partial charge in [0.25, 0.3) is 0 Å². The van der Waals surface area contributed by atoms with E-state index in [-0.39, 0.29) is 21.7 Å². The first kappa shape index (κ1) is 40.0. The number of nitrogens with zero attached hydrogens (tertiary/aromatic N) is 3. The van der Waals surface area contributed by atoms with Crippen molar-refractivity contribution in [1.29, 1.82) is 0 Å². The molecule has 0 aliphatic carbocycles. The van der Waals surface area contributed by atoms with Gasteiger partial charge < -0.3 is 13.7 Å². The van der Waals surface area contributed by atoms with E-state index in [0.717, 1.165) is 11.4 Å². The van der Waals surface area contributed by atoms with Gasteiger partial charge in [-0.05, 0) is 134 Å². The molecule has 0 spiro atoms. The van der Waals surface area contributed by atoms with Gasteiger partial charge in [-0.25, -0.2) is 0 Å². The van der Waals surface area contributed by atoms with E-state index in [2.05, 4.69) is 236 Å². The van der Waals surface area contributed by atoms with E-state index in [0.29, 0.717) is 0 Å². The van der Waals surface area contributed by atoms with Crippen molar-refractivity contribution in [2.45, 2.75) is 105 Å². The molecule has 0 fully saturated rings. The summed E-state index contributed by atoms with van der Waals surface area (Å²) < 4.78 is 5.23. The first-order chi connectivity index (χ1) is 30.8. The van der Waals surface area contributed by atoms with Crippen LogP contribution in [0.1, 0.15) is 105 Å². The van der Waals surface area contributed by atoms with Gasteiger partial charge in [-0.3, -0.25) is 0 Å². The first-order valence-electron chi connectivity index (χ1n) is 23.6. The minimum Gasteiger partial charge on any atom is -0.308 e. The lowest BCUT2D eigenvalue weighted by Crippen LogP contribution is -2.15. The molecule has 322 valence electrons. The van der Waals surface area contributed by atoms with Gasteiger partial charge in [0.15, 0.2) is 0 Å². The molecular formula is C62H59N3. The molecule has 0 N–H and O–H groups in total. The fraction of sp³-hybridized carbons (Fsp3) is 0.258. The van der Waals surface area contributed by atoms with Crippen molar-refractivity contribution in [3.8, 4) is 0 Å². The van der Waals surface area contributed by atoms with E-state index in [1.54, 1.807) is 0 Å². The van der Waals surface area contributed by atoms with Crippen molar-refractivity contribution >= 4 is 104 Å². The molecule has 65 heavy (non-hydrogen) atoms. The smallest absolute Gasteiger partial charge is 0.0783 e. The van der Waals surface area contributed by atoms with Crippen molar-refractivity contribution in [1.82, 2.24) is 8.80 Å². The summed E-state index contributed by atoms with van der Waals surface area (Å²) in [5, 5.41) is 13.3. The Morgan fingerprint density at radius 2 is 0.723 bits per heavy atom. The zero-order valence-electron chi connectivity index (χ0n) is 40.1. The van der Waals surface area contributed by atoms with Gasteiger partial charge in [0.2, 0.25) is 0 Å². The van der Waals surface area contributed by atoms with Gasteiger partial charge in [0.1, 0.15) is 0 Å². The predicted molar refractivity (Wildman–Crippen MR) is 283 cm³/mol. The van der Waals surface area contributed by atoms with Crippen LogP contribution in [0.3, 0.4) is 0 Å². The number of rotatable bonds is 3. The van der Waals surface area contributed by atoms with Crippen LogP contribution >= 0.6 is 0 Å². The van der Waals surface area contributed by atoms with Crippen LogP contribution in [0.5, 0.6) is 0 Å². The van der Waals surface area contributed by atoms with Gasteiger partial charge in [-0.2, -0.15) is 0 Å². The molecule has 8 aromatic carbocycles. The Morgan fingerprint density at radius 1 is 0.323 bits per heavy atom. The van der Waals surface area contributed by atoms with Crippen molar-refractivity contribution < 1.29 is 0 Å². The van der Waals surface area contributed by atoms with Gasteiger partial charge in [-0.15, -0.1) is 0 Å². The Labute approximate surface area is 382 Å². The molecule has 0 radical (unpaired) electrons. The summed E-state index contributed by atoms with van der Waals surface area (Å²) in [6.07, 6.45) is 0. The second-order valence-electron chi connectivity index (χ2n) is 23.2. The molecule has 3 nitrogen and oxygen atoms in total. The molecule has 12 rings (SSSR count). The Hall–Kier alpha value is -6.58. The summed E-state index contributed by atoms with van der Waals surface area (Å²) in [5.41, 5.74) is 16.4. The van der Waals surface area contributed by atoms with E-state index >= 15 is 0 Å². The average Bonchev–Trinajstić information content (AvgIpc) is 3.99. The molecule has 0 saturated carbocycles. The number of hydrogen-bond acceptors (Lipinski definition) is 1. The van der Waals surface area contributed by atoms with Crippen LogP contribution in [0, 0.1) is 0 Å². The summed E-state index contributed by atoms with van der Waals surface area (Å²) in [7, 11) is 0. The summed E-state index contributed by atoms with van der Waals surface area (Å²) in [5.74, 6) is 0. The molecule has 0 unspecified atom stereocenters. The third kappa shape index (κ3) is 5.67. The summed E-state index contributed by atoms with van der Waals surface area (Å²) >= 11 is 0. The second kappa shape index (κ2) is 13.0. The number of aromatic nitrogens is 2. The van der Waals surface area contributed by atoms with Crippen LogP contribution in [0.2, 0.25) is 0 Å². The molecule has 3 heteroatoms. The number of fused-ring (bicyclic) bond motifs is 15. The largest absolute Gasteiger partial charge is 0.308 e. The molecule has 0 saturated heterocycles. The summed E-state index contributed by atoms with van der Waals surface area (Å²) in [6, 6.07) is 53.7. The van der Waals surface area contributed by atoms with Crippen molar-refractivity contribution in [3.05, 3.63) is 162 Å². The molecule has 4 aromatic heterocycles. The summed E-state index contributed by atoms with van der Waals surface area (Å²) in [4.78, 5) is 2.49. The van der Waals surface area contributed by atoms with Crippen LogP contribution in [0.15, 0.2) is 140 Å². The maximum absolute atomic E-state index is 2.64. The lowest BCUT2D eigenvalue weighted by atomic mass is 9.83. The van der Waals surface area contributed by atoms with E-state index in [1.165, 1.54) is 115 Å². The maximum Gasteiger partial charge on any atom is 0.0783 e. The Balaban J connectivity index is 1.32. The zero-order chi connectivity index (χ0) is 45.3. The van der Waals surface area contributed by atoms with Gasteiger partial charge in [0.05, 0.1) is 38.8 Å². The number of hydrogen-bond donors (Lipinski definition) is 0. The van der Waals surface area contributed by atoms with E-state index in [4.69, 9.17) is 0 Å². The van der Waals surface area contributed by atoms with Gasteiger partial charge in [-0.1, -0.05) is 138 Å². The van der Waals surface area contributed by atoms with Crippen molar-refractivity contribution in [2.24, 2.45) is 0 Å². The molecule has 0 aliphatic rings. The van der Waals surface area contributed by atoms with Gasteiger partial charge in [0, 0.05) is 59.9 Å². The molecule has 0 bridgehead atoms. The second-order valence-corrected chi connectivity index (χ2v) is 23.2. The van der Waals surface area contributed by atoms with Crippen LogP contribution in [-0.2, 0) is 21.7 Å². The fourth-order valence-corrected chi connectivity index (χ4v) is 11.1. The summed E-state index contributed by atoms with van der Waals surface area (Å²) in [6.45, 7) is 28.2. The highest BCUT2D eigenvalue weighted by Gasteiger charge is 2.31. The topological polar surface area (TPSA) is 12.1 Å². The van der Waals surface area contributed by atoms with Crippen LogP contribution in [-0.4, -0.2) is 8.80 Å². The fourth-order valence-electron chi connectivity index (χ4n) is 11.1. The minimum atomic E-state index is -0.0817. The number of benzene rings is 8. The third-order valence-electron chi connectivity index (χ3n) is 14.7. The highest BCUT2D eigenvalue weighted by Crippen LogP contribution is 2.52. The lowest BCUT2D eigenvalue weighted by molar-refractivity contribution is 0.590. The molecular weight excluding hydrogens is 787 g/mol. The van der Waals surface area contributed by atoms with Crippen molar-refractivity contribution in [2.75, 3.05) is 4.90 Å². The van der Waals surface area contributed by atoms with Crippen LogP contribution < -0.4 is 4.90 Å². The quantitative estimate of drug-likeness (QED) is 0.173. The maximum atomic E-state index is 2.64. The molecule has 0 aliphatic heterocycles. The molecule has 4 heterocycles.